The van der Waals surface area contributed by atoms with E-state index in [1.807, 2.05) is 0 Å². The van der Waals surface area contributed by atoms with Crippen LogP contribution in [0.15, 0.2) is 48.5 Å². The predicted octanol–water partition coefficient (Wildman–Crippen LogP) is 4.40. The third-order valence-corrected chi connectivity index (χ3v) is 3.72. The third kappa shape index (κ3) is 5.34. The Balaban J connectivity index is 1.96. The number of nitrogens with one attached hydrogen (secondary N) is 2. The molecule has 0 aliphatic carbocycles. The minimum atomic E-state index is -0.269. The molecule has 0 unspecified atom stereocenters. The molecule has 2 rings (SSSR count). The molecule has 0 fully saturated rings. The van der Waals surface area contributed by atoms with Crippen molar-refractivity contribution in [1.82, 2.24) is 5.32 Å². The highest BCUT2D eigenvalue weighted by Gasteiger charge is 2.16. The van der Waals surface area contributed by atoms with Gasteiger partial charge in [-0.3, -0.25) is 4.79 Å². The smallest absolute Gasteiger partial charge is 0.238 e. The lowest BCUT2D eigenvalue weighted by molar-refractivity contribution is -0.115. The molecule has 122 valence electrons. The van der Waals surface area contributed by atoms with Gasteiger partial charge < -0.3 is 10.6 Å². The molecule has 0 saturated heterocycles. The van der Waals surface area contributed by atoms with Gasteiger partial charge in [-0.05, 0) is 41.8 Å². The Morgan fingerprint density at radius 3 is 2.48 bits per heavy atom. The number of hydrogen-bond donors (Lipinski definition) is 2. The quantitative estimate of drug-likeness (QED) is 0.821. The Morgan fingerprint density at radius 2 is 1.87 bits per heavy atom. The lowest BCUT2D eigenvalue weighted by Crippen LogP contribution is -2.33. The minimum Gasteiger partial charge on any atom is -0.325 e. The summed E-state index contributed by atoms with van der Waals surface area (Å²) in [5.41, 5.74) is 1.61. The van der Waals surface area contributed by atoms with Crippen molar-refractivity contribution in [3.8, 4) is 0 Å². The van der Waals surface area contributed by atoms with Gasteiger partial charge in [0.2, 0.25) is 5.91 Å². The molecule has 1 atom stereocenters. The summed E-state index contributed by atoms with van der Waals surface area (Å²) >= 11 is 5.89. The second-order valence-corrected chi connectivity index (χ2v) is 6.15. The molecular weight excluding hydrogens is 315 g/mol. The van der Waals surface area contributed by atoms with E-state index >= 15 is 0 Å². The Hall–Kier alpha value is -1.91. The van der Waals surface area contributed by atoms with Gasteiger partial charge in [-0.2, -0.15) is 0 Å². The summed E-state index contributed by atoms with van der Waals surface area (Å²) in [6.45, 7) is 4.26. The zero-order valence-electron chi connectivity index (χ0n) is 13.1. The van der Waals surface area contributed by atoms with Crippen LogP contribution in [-0.2, 0) is 4.79 Å². The molecule has 0 aliphatic rings. The van der Waals surface area contributed by atoms with Gasteiger partial charge in [0, 0.05) is 16.8 Å². The van der Waals surface area contributed by atoms with Gasteiger partial charge in [-0.15, -0.1) is 0 Å². The number of rotatable bonds is 6. The fourth-order valence-corrected chi connectivity index (χ4v) is 2.57. The van der Waals surface area contributed by atoms with Gasteiger partial charge in [0.15, 0.2) is 0 Å². The summed E-state index contributed by atoms with van der Waals surface area (Å²) in [6.07, 6.45) is 0. The molecule has 23 heavy (non-hydrogen) atoms. The zero-order valence-corrected chi connectivity index (χ0v) is 13.9. The fourth-order valence-electron chi connectivity index (χ4n) is 2.38. The highest BCUT2D eigenvalue weighted by molar-refractivity contribution is 6.30. The molecule has 0 heterocycles. The summed E-state index contributed by atoms with van der Waals surface area (Å²) in [5, 5.41) is 6.59. The molecule has 0 bridgehead atoms. The molecule has 1 amide bonds. The zero-order chi connectivity index (χ0) is 16.8. The van der Waals surface area contributed by atoms with Crippen molar-refractivity contribution in [2.45, 2.75) is 19.9 Å². The average Bonchev–Trinajstić information content (AvgIpc) is 2.49. The van der Waals surface area contributed by atoms with E-state index < -0.39 is 0 Å². The monoisotopic (exact) mass is 334 g/mol. The van der Waals surface area contributed by atoms with Crippen molar-refractivity contribution in [3.05, 3.63) is 64.9 Å². The predicted molar refractivity (Wildman–Crippen MR) is 92.1 cm³/mol. The van der Waals surface area contributed by atoms with Crippen LogP contribution in [-0.4, -0.2) is 12.5 Å². The topological polar surface area (TPSA) is 41.1 Å². The van der Waals surface area contributed by atoms with Crippen LogP contribution in [0.4, 0.5) is 10.1 Å². The van der Waals surface area contributed by atoms with Gasteiger partial charge in [0.05, 0.1) is 6.54 Å². The second-order valence-electron chi connectivity index (χ2n) is 5.71. The van der Waals surface area contributed by atoms with E-state index in [2.05, 4.69) is 24.5 Å². The van der Waals surface area contributed by atoms with Gasteiger partial charge >= 0.3 is 0 Å². The van der Waals surface area contributed by atoms with E-state index in [4.69, 9.17) is 11.6 Å². The standard InChI is InChI=1S/C18H20ClFN2O/c1-12(2)18(13-6-8-15(20)9-7-13)21-11-17(23)22-16-5-3-4-14(19)10-16/h3-10,12,18,21H,11H2,1-2H3,(H,22,23)/t18-/m1/s1. The molecule has 0 aliphatic heterocycles. The van der Waals surface area contributed by atoms with Crippen LogP contribution in [0.1, 0.15) is 25.5 Å². The van der Waals surface area contributed by atoms with E-state index in [1.54, 1.807) is 36.4 Å². The summed E-state index contributed by atoms with van der Waals surface area (Å²) in [7, 11) is 0. The Morgan fingerprint density at radius 1 is 1.17 bits per heavy atom. The molecule has 0 saturated carbocycles. The van der Waals surface area contributed by atoms with Crippen LogP contribution in [0.2, 0.25) is 5.02 Å². The van der Waals surface area contributed by atoms with E-state index in [0.29, 0.717) is 10.7 Å². The van der Waals surface area contributed by atoms with E-state index in [-0.39, 0.29) is 30.2 Å². The van der Waals surface area contributed by atoms with E-state index in [1.165, 1.54) is 12.1 Å². The highest BCUT2D eigenvalue weighted by Crippen LogP contribution is 2.21. The summed E-state index contributed by atoms with van der Waals surface area (Å²) in [6, 6.07) is 13.3. The number of carbonyl (C=O) groups is 1. The maximum absolute atomic E-state index is 13.0. The lowest BCUT2D eigenvalue weighted by Gasteiger charge is -2.22. The van der Waals surface area contributed by atoms with Crippen LogP contribution < -0.4 is 10.6 Å². The first-order chi connectivity index (χ1) is 11.0. The Kier molecular flexibility index (Phi) is 6.13. The van der Waals surface area contributed by atoms with Crippen LogP contribution in [0.3, 0.4) is 0 Å². The largest absolute Gasteiger partial charge is 0.325 e. The Labute approximate surface area is 140 Å². The van der Waals surface area contributed by atoms with Crippen molar-refractivity contribution in [1.29, 1.82) is 0 Å². The Bertz CT molecular complexity index is 658. The first-order valence-corrected chi connectivity index (χ1v) is 7.88. The number of benzene rings is 2. The number of carbonyl (C=O) groups excluding carboxylic acids is 1. The molecule has 3 nitrogen and oxygen atoms in total. The van der Waals surface area contributed by atoms with Crippen molar-refractivity contribution in [3.63, 3.8) is 0 Å². The average molecular weight is 335 g/mol. The highest BCUT2D eigenvalue weighted by atomic mass is 35.5. The van der Waals surface area contributed by atoms with E-state index in [9.17, 15) is 9.18 Å². The molecule has 0 aromatic heterocycles. The fraction of sp³-hybridized carbons (Fsp3) is 0.278. The van der Waals surface area contributed by atoms with Crippen molar-refractivity contribution in [2.75, 3.05) is 11.9 Å². The molecular formula is C18H20ClFN2O. The van der Waals surface area contributed by atoms with Gasteiger partial charge in [-0.1, -0.05) is 43.6 Å². The van der Waals surface area contributed by atoms with Crippen molar-refractivity contribution in [2.24, 2.45) is 5.92 Å². The van der Waals surface area contributed by atoms with Gasteiger partial charge in [-0.25, -0.2) is 4.39 Å². The summed E-state index contributed by atoms with van der Waals surface area (Å²) in [5.74, 6) is -0.158. The minimum absolute atomic E-state index is 0.0271. The second kappa shape index (κ2) is 8.09. The molecule has 5 heteroatoms. The molecule has 0 radical (unpaired) electrons. The van der Waals surface area contributed by atoms with Crippen LogP contribution in [0.25, 0.3) is 0 Å². The first-order valence-electron chi connectivity index (χ1n) is 7.50. The number of hydrogen-bond acceptors (Lipinski definition) is 2. The molecule has 2 aromatic rings. The number of anilines is 1. The summed E-state index contributed by atoms with van der Waals surface area (Å²) < 4.78 is 13.0. The SMILES string of the molecule is CC(C)[C@@H](NCC(=O)Nc1cccc(Cl)c1)c1ccc(F)cc1. The molecule has 2 aromatic carbocycles. The van der Waals surface area contributed by atoms with Crippen molar-refractivity contribution < 1.29 is 9.18 Å². The maximum Gasteiger partial charge on any atom is 0.238 e. The van der Waals surface area contributed by atoms with Crippen LogP contribution >= 0.6 is 11.6 Å². The maximum atomic E-state index is 13.0. The van der Waals surface area contributed by atoms with Crippen LogP contribution in [0, 0.1) is 11.7 Å². The normalized spacial score (nSPS) is 12.2. The van der Waals surface area contributed by atoms with Gasteiger partial charge in [0.25, 0.3) is 0 Å². The first kappa shape index (κ1) is 17.4. The van der Waals surface area contributed by atoms with Gasteiger partial charge in [0.1, 0.15) is 5.82 Å². The van der Waals surface area contributed by atoms with Crippen molar-refractivity contribution >= 4 is 23.2 Å². The molecule has 0 spiro atoms. The number of amides is 1. The number of halogens is 2. The van der Waals surface area contributed by atoms with E-state index in [0.717, 1.165) is 5.56 Å². The molecule has 2 N–H and O–H groups in total. The lowest BCUT2D eigenvalue weighted by atomic mass is 9.96. The van der Waals surface area contributed by atoms with Crippen LogP contribution in [0.5, 0.6) is 0 Å². The summed E-state index contributed by atoms with van der Waals surface area (Å²) in [4.78, 5) is 12.1. The third-order valence-electron chi connectivity index (χ3n) is 3.49.